The van der Waals surface area contributed by atoms with Gasteiger partial charge in [0.05, 0.1) is 0 Å². The molecule has 0 bridgehead atoms. The SMILES string of the molecule is CC(C)(C)CC(=O)NCCCCCC(=O)NNC(=O)CCC1C2=C(CCC=C2)C2=C1C=CCC2. The first-order valence-electron chi connectivity index (χ1n) is 12.9. The summed E-state index contributed by atoms with van der Waals surface area (Å²) in [4.78, 5) is 36.2. The summed E-state index contributed by atoms with van der Waals surface area (Å²) in [6.07, 6.45) is 17.9. The van der Waals surface area contributed by atoms with E-state index in [1.165, 1.54) is 22.3 Å². The molecule has 0 atom stereocenters. The molecule has 0 heterocycles. The molecule has 0 saturated carbocycles. The van der Waals surface area contributed by atoms with Crippen molar-refractivity contribution in [2.45, 2.75) is 91.4 Å². The zero-order valence-corrected chi connectivity index (χ0v) is 21.1. The third kappa shape index (κ3) is 7.71. The molecule has 0 aromatic heterocycles. The van der Waals surface area contributed by atoms with Crippen molar-refractivity contribution in [1.29, 1.82) is 0 Å². The van der Waals surface area contributed by atoms with Crippen molar-refractivity contribution in [2.75, 3.05) is 6.54 Å². The lowest BCUT2D eigenvalue weighted by Gasteiger charge is -2.18. The van der Waals surface area contributed by atoms with E-state index >= 15 is 0 Å². The first-order valence-corrected chi connectivity index (χ1v) is 12.9. The highest BCUT2D eigenvalue weighted by Gasteiger charge is 2.32. The summed E-state index contributed by atoms with van der Waals surface area (Å²) in [6.45, 7) is 6.76. The summed E-state index contributed by atoms with van der Waals surface area (Å²) >= 11 is 0. The lowest BCUT2D eigenvalue weighted by molar-refractivity contribution is -0.129. The summed E-state index contributed by atoms with van der Waals surface area (Å²) < 4.78 is 0. The lowest BCUT2D eigenvalue weighted by atomic mass is 9.87. The van der Waals surface area contributed by atoms with Gasteiger partial charge in [-0.3, -0.25) is 25.2 Å². The fourth-order valence-corrected chi connectivity index (χ4v) is 5.05. The summed E-state index contributed by atoms with van der Waals surface area (Å²) in [5, 5.41) is 2.93. The van der Waals surface area contributed by atoms with Gasteiger partial charge < -0.3 is 5.32 Å². The molecule has 0 unspecified atom stereocenters. The fraction of sp³-hybridized carbons (Fsp3) is 0.607. The van der Waals surface area contributed by atoms with Crippen LogP contribution >= 0.6 is 0 Å². The van der Waals surface area contributed by atoms with E-state index in [4.69, 9.17) is 0 Å². The predicted octanol–water partition coefficient (Wildman–Crippen LogP) is 4.95. The minimum Gasteiger partial charge on any atom is -0.356 e. The van der Waals surface area contributed by atoms with Crippen molar-refractivity contribution >= 4 is 17.7 Å². The molecule has 3 N–H and O–H groups in total. The van der Waals surface area contributed by atoms with Gasteiger partial charge in [-0.05, 0) is 72.7 Å². The molecule has 6 heteroatoms. The number of allylic oxidation sites excluding steroid dienone is 8. The molecule has 3 amide bonds. The first-order chi connectivity index (χ1) is 16.2. The molecule has 0 radical (unpaired) electrons. The highest BCUT2D eigenvalue weighted by Crippen LogP contribution is 2.47. The summed E-state index contributed by atoms with van der Waals surface area (Å²) in [6, 6.07) is 0. The zero-order chi connectivity index (χ0) is 24.6. The average molecular weight is 468 g/mol. The van der Waals surface area contributed by atoms with Crippen LogP contribution < -0.4 is 16.2 Å². The highest BCUT2D eigenvalue weighted by molar-refractivity contribution is 5.82. The van der Waals surface area contributed by atoms with Crippen LogP contribution in [0.5, 0.6) is 0 Å². The number of nitrogens with one attached hydrogen (secondary N) is 3. The van der Waals surface area contributed by atoms with Gasteiger partial charge in [-0.1, -0.05) is 51.5 Å². The summed E-state index contributed by atoms with van der Waals surface area (Å²) in [5.74, 6) is 0.0464. The molecule has 34 heavy (non-hydrogen) atoms. The van der Waals surface area contributed by atoms with Crippen LogP contribution in [0, 0.1) is 11.3 Å². The van der Waals surface area contributed by atoms with Crippen LogP contribution in [0.2, 0.25) is 0 Å². The van der Waals surface area contributed by atoms with E-state index in [-0.39, 0.29) is 23.1 Å². The average Bonchev–Trinajstić information content (AvgIpc) is 3.11. The second kappa shape index (κ2) is 12.2. The van der Waals surface area contributed by atoms with Crippen LogP contribution in [0.25, 0.3) is 0 Å². The van der Waals surface area contributed by atoms with Crippen LogP contribution in [-0.2, 0) is 14.4 Å². The number of hydrazine groups is 1. The second-order valence-corrected chi connectivity index (χ2v) is 10.8. The van der Waals surface area contributed by atoms with Gasteiger partial charge in [0.1, 0.15) is 0 Å². The molecule has 0 spiro atoms. The van der Waals surface area contributed by atoms with E-state index in [1.54, 1.807) is 0 Å². The second-order valence-electron chi connectivity index (χ2n) is 10.8. The van der Waals surface area contributed by atoms with E-state index in [2.05, 4.69) is 40.5 Å². The first kappa shape index (κ1) is 26.0. The van der Waals surface area contributed by atoms with Crippen molar-refractivity contribution in [2.24, 2.45) is 11.3 Å². The molecular formula is C28H41N3O3. The third-order valence-electron chi connectivity index (χ3n) is 6.62. The number of amides is 3. The molecule has 3 aliphatic carbocycles. The van der Waals surface area contributed by atoms with Crippen molar-refractivity contribution in [1.82, 2.24) is 16.2 Å². The molecule has 186 valence electrons. The van der Waals surface area contributed by atoms with E-state index in [9.17, 15) is 14.4 Å². The van der Waals surface area contributed by atoms with Crippen molar-refractivity contribution in [3.63, 3.8) is 0 Å². The van der Waals surface area contributed by atoms with Crippen molar-refractivity contribution in [3.05, 3.63) is 46.6 Å². The van der Waals surface area contributed by atoms with Crippen molar-refractivity contribution in [3.8, 4) is 0 Å². The maximum absolute atomic E-state index is 12.4. The molecule has 3 aliphatic rings. The quantitative estimate of drug-likeness (QED) is 0.314. The van der Waals surface area contributed by atoms with Gasteiger partial charge in [0, 0.05) is 31.7 Å². The van der Waals surface area contributed by atoms with Gasteiger partial charge in [-0.2, -0.15) is 0 Å². The molecular weight excluding hydrogens is 426 g/mol. The monoisotopic (exact) mass is 467 g/mol. The molecule has 0 saturated heterocycles. The summed E-state index contributed by atoms with van der Waals surface area (Å²) in [5.41, 5.74) is 10.9. The lowest BCUT2D eigenvalue weighted by Crippen LogP contribution is -2.41. The Bertz CT molecular complexity index is 864. The number of hydrogen-bond acceptors (Lipinski definition) is 3. The Morgan fingerprint density at radius 2 is 1.41 bits per heavy atom. The Labute approximate surface area is 204 Å². The molecule has 0 aromatic rings. The Balaban J connectivity index is 1.29. The fourth-order valence-electron chi connectivity index (χ4n) is 5.05. The Morgan fingerprint density at radius 3 is 2.00 bits per heavy atom. The van der Waals surface area contributed by atoms with E-state index < -0.39 is 0 Å². The van der Waals surface area contributed by atoms with E-state index in [0.717, 1.165) is 51.4 Å². The minimum atomic E-state index is -0.175. The number of carbonyl (C=O) groups excluding carboxylic acids is 3. The van der Waals surface area contributed by atoms with E-state index in [0.29, 0.717) is 31.7 Å². The maximum Gasteiger partial charge on any atom is 0.238 e. The number of fused-ring (bicyclic) bond motifs is 1. The normalized spacial score (nSPS) is 17.5. The van der Waals surface area contributed by atoms with Crippen LogP contribution in [0.4, 0.5) is 0 Å². The number of rotatable bonds is 10. The van der Waals surface area contributed by atoms with Crippen molar-refractivity contribution < 1.29 is 14.4 Å². The van der Waals surface area contributed by atoms with Crippen LogP contribution in [-0.4, -0.2) is 24.3 Å². The van der Waals surface area contributed by atoms with Gasteiger partial charge >= 0.3 is 0 Å². The zero-order valence-electron chi connectivity index (χ0n) is 21.1. The topological polar surface area (TPSA) is 87.3 Å². The minimum absolute atomic E-state index is 0.00992. The Kier molecular flexibility index (Phi) is 9.31. The van der Waals surface area contributed by atoms with Crippen LogP contribution in [0.3, 0.4) is 0 Å². The number of hydrogen-bond donors (Lipinski definition) is 3. The molecule has 0 aliphatic heterocycles. The molecule has 3 rings (SSSR count). The smallest absolute Gasteiger partial charge is 0.238 e. The van der Waals surface area contributed by atoms with Crippen LogP contribution in [0.1, 0.15) is 91.4 Å². The van der Waals surface area contributed by atoms with Gasteiger partial charge in [0.25, 0.3) is 0 Å². The van der Waals surface area contributed by atoms with Gasteiger partial charge in [-0.25, -0.2) is 0 Å². The molecule has 0 aromatic carbocycles. The maximum atomic E-state index is 12.4. The Morgan fingerprint density at radius 1 is 0.824 bits per heavy atom. The number of unbranched alkanes of at least 4 members (excludes halogenated alkanes) is 2. The van der Waals surface area contributed by atoms with Crippen LogP contribution in [0.15, 0.2) is 46.6 Å². The Hall–Kier alpha value is -2.63. The summed E-state index contributed by atoms with van der Waals surface area (Å²) in [7, 11) is 0. The van der Waals surface area contributed by atoms with Gasteiger partial charge in [-0.15, -0.1) is 0 Å². The van der Waals surface area contributed by atoms with Gasteiger partial charge in [0.2, 0.25) is 17.7 Å². The number of carbonyl (C=O) groups is 3. The van der Waals surface area contributed by atoms with Gasteiger partial charge in [0.15, 0.2) is 0 Å². The highest BCUT2D eigenvalue weighted by atomic mass is 16.2. The molecule has 0 fully saturated rings. The van der Waals surface area contributed by atoms with E-state index in [1.807, 2.05) is 20.8 Å². The standard InChI is InChI=1S/C28H41N3O3/c1-28(2,3)19-27(34)29-18-10-4-5-15-25(32)30-31-26(33)17-16-24-22-13-8-6-11-20(22)21-12-7-9-14-23(21)24/h8-9,13-14,24H,4-7,10-12,15-19H2,1-3H3,(H,29,34)(H,30,32)(H,31,33). The largest absolute Gasteiger partial charge is 0.356 e. The third-order valence-corrected chi connectivity index (χ3v) is 6.62. The molecule has 6 nitrogen and oxygen atoms in total. The predicted molar refractivity (Wildman–Crippen MR) is 135 cm³/mol.